The van der Waals surface area contributed by atoms with Gasteiger partial charge in [0, 0.05) is 19.0 Å². The van der Waals surface area contributed by atoms with Crippen molar-refractivity contribution in [3.63, 3.8) is 0 Å². The Balaban J connectivity index is 1.87. The number of anilines is 1. The van der Waals surface area contributed by atoms with Crippen LogP contribution in [0.5, 0.6) is 5.75 Å². The molecule has 27 heavy (non-hydrogen) atoms. The Morgan fingerprint density at radius 1 is 1.15 bits per heavy atom. The zero-order valence-electron chi connectivity index (χ0n) is 14.9. The first-order valence-electron chi connectivity index (χ1n) is 8.12. The molecule has 0 spiro atoms. The number of carbonyl (C=O) groups is 1. The molecule has 1 amide bonds. The lowest BCUT2D eigenvalue weighted by atomic mass is 10.2. The van der Waals surface area contributed by atoms with Crippen molar-refractivity contribution in [3.8, 4) is 5.75 Å². The fourth-order valence-corrected chi connectivity index (χ4v) is 3.49. The lowest BCUT2D eigenvalue weighted by Crippen LogP contribution is -2.26. The van der Waals surface area contributed by atoms with Crippen molar-refractivity contribution in [1.82, 2.24) is 4.72 Å². The lowest BCUT2D eigenvalue weighted by molar-refractivity contribution is -0.116. The molecular weight excluding hydrogens is 378 g/mol. The topological polar surface area (TPSA) is 84.5 Å². The van der Waals surface area contributed by atoms with Crippen molar-refractivity contribution >= 4 is 21.6 Å². The minimum Gasteiger partial charge on any atom is -0.495 e. The van der Waals surface area contributed by atoms with Gasteiger partial charge in [-0.1, -0.05) is 6.07 Å². The number of halogens is 2. The highest BCUT2D eigenvalue weighted by Gasteiger charge is 2.19. The van der Waals surface area contributed by atoms with E-state index < -0.39 is 26.6 Å². The number of hydrogen-bond acceptors (Lipinski definition) is 4. The molecule has 9 heteroatoms. The monoisotopic (exact) mass is 398 g/mol. The molecule has 0 radical (unpaired) electrons. The number of carbonyl (C=O) groups excluding carboxylic acids is 1. The number of nitrogens with one attached hydrogen (secondary N) is 2. The van der Waals surface area contributed by atoms with Gasteiger partial charge in [0.15, 0.2) is 0 Å². The Morgan fingerprint density at radius 3 is 2.56 bits per heavy atom. The summed E-state index contributed by atoms with van der Waals surface area (Å²) in [5, 5.41) is 2.70. The van der Waals surface area contributed by atoms with E-state index in [4.69, 9.17) is 4.74 Å². The normalized spacial score (nSPS) is 11.3. The molecule has 146 valence electrons. The highest BCUT2D eigenvalue weighted by Crippen LogP contribution is 2.25. The zero-order valence-corrected chi connectivity index (χ0v) is 15.7. The average Bonchev–Trinajstić information content (AvgIpc) is 2.58. The number of rotatable bonds is 8. The third-order valence-electron chi connectivity index (χ3n) is 3.69. The van der Waals surface area contributed by atoms with Gasteiger partial charge < -0.3 is 10.1 Å². The van der Waals surface area contributed by atoms with E-state index in [0.717, 1.165) is 17.7 Å². The largest absolute Gasteiger partial charge is 0.495 e. The van der Waals surface area contributed by atoms with Crippen molar-refractivity contribution in [1.29, 1.82) is 0 Å². The van der Waals surface area contributed by atoms with E-state index in [9.17, 15) is 22.0 Å². The van der Waals surface area contributed by atoms with Crippen LogP contribution in [0.4, 0.5) is 14.5 Å². The molecule has 0 fully saturated rings. The Labute approximate surface area is 156 Å². The number of hydrogen-bond donors (Lipinski definition) is 2. The second-order valence-electron chi connectivity index (χ2n) is 5.83. The van der Waals surface area contributed by atoms with E-state index in [1.807, 2.05) is 13.0 Å². The molecule has 0 aliphatic carbocycles. The van der Waals surface area contributed by atoms with Crippen LogP contribution in [0.15, 0.2) is 41.3 Å². The quantitative estimate of drug-likeness (QED) is 0.670. The van der Waals surface area contributed by atoms with Gasteiger partial charge in [-0.05, 0) is 43.2 Å². The van der Waals surface area contributed by atoms with Crippen LogP contribution in [0, 0.1) is 18.6 Å². The van der Waals surface area contributed by atoms with Crippen molar-refractivity contribution in [2.75, 3.05) is 19.0 Å². The fourth-order valence-electron chi connectivity index (χ4n) is 2.36. The van der Waals surface area contributed by atoms with E-state index >= 15 is 0 Å². The van der Waals surface area contributed by atoms with Gasteiger partial charge in [-0.3, -0.25) is 4.79 Å². The van der Waals surface area contributed by atoms with Crippen LogP contribution >= 0.6 is 0 Å². The van der Waals surface area contributed by atoms with E-state index in [2.05, 4.69) is 10.0 Å². The van der Waals surface area contributed by atoms with Crippen LogP contribution in [-0.2, 0) is 14.8 Å². The molecule has 0 bridgehead atoms. The summed E-state index contributed by atoms with van der Waals surface area (Å²) in [7, 11) is -2.63. The summed E-state index contributed by atoms with van der Waals surface area (Å²) in [4.78, 5) is 11.4. The minimum absolute atomic E-state index is 0.0471. The number of ether oxygens (including phenoxy) is 1. The number of benzene rings is 2. The van der Waals surface area contributed by atoms with Crippen molar-refractivity contribution in [2.24, 2.45) is 0 Å². The van der Waals surface area contributed by atoms with Crippen LogP contribution in [0.3, 0.4) is 0 Å². The van der Waals surface area contributed by atoms with Gasteiger partial charge in [-0.15, -0.1) is 0 Å². The SMILES string of the molecule is COc1ccc(C)cc1NC(=O)CCCNS(=O)(=O)c1ccc(F)cc1F. The summed E-state index contributed by atoms with van der Waals surface area (Å²) in [5.41, 5.74) is 1.47. The molecule has 0 heterocycles. The van der Waals surface area contributed by atoms with Gasteiger partial charge in [0.05, 0.1) is 12.8 Å². The summed E-state index contributed by atoms with van der Waals surface area (Å²) < 4.78 is 57.9. The van der Waals surface area contributed by atoms with E-state index in [1.54, 1.807) is 12.1 Å². The molecule has 2 aromatic carbocycles. The number of amides is 1. The highest BCUT2D eigenvalue weighted by molar-refractivity contribution is 7.89. The fraction of sp³-hybridized carbons (Fsp3) is 0.278. The maximum Gasteiger partial charge on any atom is 0.243 e. The predicted octanol–water partition coefficient (Wildman–Crippen LogP) is 2.98. The number of methoxy groups -OCH3 is 1. The predicted molar refractivity (Wildman–Crippen MR) is 97.1 cm³/mol. The molecule has 0 atom stereocenters. The molecular formula is C18H20F2N2O4S. The molecule has 0 aliphatic rings. The van der Waals surface area contributed by atoms with Gasteiger partial charge in [-0.25, -0.2) is 21.9 Å². The molecule has 0 unspecified atom stereocenters. The summed E-state index contributed by atoms with van der Waals surface area (Å²) in [6.45, 7) is 1.80. The zero-order chi connectivity index (χ0) is 20.0. The minimum atomic E-state index is -4.12. The summed E-state index contributed by atoms with van der Waals surface area (Å²) in [6.07, 6.45) is 0.244. The second kappa shape index (κ2) is 8.92. The maximum absolute atomic E-state index is 13.6. The van der Waals surface area contributed by atoms with Crippen LogP contribution in [0.25, 0.3) is 0 Å². The van der Waals surface area contributed by atoms with Crippen molar-refractivity contribution in [3.05, 3.63) is 53.6 Å². The molecule has 0 saturated carbocycles. The van der Waals surface area contributed by atoms with E-state index in [1.165, 1.54) is 7.11 Å². The molecule has 0 aliphatic heterocycles. The van der Waals surface area contributed by atoms with Crippen molar-refractivity contribution in [2.45, 2.75) is 24.7 Å². The molecule has 0 saturated heterocycles. The standard InChI is InChI=1S/C18H20F2N2O4S/c1-12-5-7-16(26-2)15(10-12)22-18(23)4-3-9-21-27(24,25)17-8-6-13(19)11-14(17)20/h5-8,10-11,21H,3-4,9H2,1-2H3,(H,22,23). The summed E-state index contributed by atoms with van der Waals surface area (Å²) in [5.74, 6) is -1.84. The third kappa shape index (κ3) is 5.73. The first-order valence-corrected chi connectivity index (χ1v) is 9.60. The van der Waals surface area contributed by atoms with Gasteiger partial charge in [0.1, 0.15) is 22.3 Å². The number of aryl methyl sites for hydroxylation is 1. The van der Waals surface area contributed by atoms with Crippen LogP contribution in [0.1, 0.15) is 18.4 Å². The van der Waals surface area contributed by atoms with E-state index in [0.29, 0.717) is 17.5 Å². The Morgan fingerprint density at radius 2 is 1.89 bits per heavy atom. The van der Waals surface area contributed by atoms with Gasteiger partial charge in [0.2, 0.25) is 15.9 Å². The van der Waals surface area contributed by atoms with Crippen LogP contribution < -0.4 is 14.8 Å². The molecule has 0 aromatic heterocycles. The molecule has 2 rings (SSSR count). The van der Waals surface area contributed by atoms with Gasteiger partial charge >= 0.3 is 0 Å². The van der Waals surface area contributed by atoms with Crippen molar-refractivity contribution < 1.29 is 26.7 Å². The summed E-state index contributed by atoms with van der Waals surface area (Å²) >= 11 is 0. The maximum atomic E-state index is 13.6. The first kappa shape index (κ1) is 20.8. The lowest BCUT2D eigenvalue weighted by Gasteiger charge is -2.11. The number of sulfonamides is 1. The Hall–Kier alpha value is -2.52. The second-order valence-corrected chi connectivity index (χ2v) is 7.56. The Bertz CT molecular complexity index is 933. The van der Waals surface area contributed by atoms with Gasteiger partial charge in [0.25, 0.3) is 0 Å². The molecule has 6 nitrogen and oxygen atoms in total. The molecule has 2 aromatic rings. The molecule has 2 N–H and O–H groups in total. The van der Waals surface area contributed by atoms with Crippen LogP contribution in [0.2, 0.25) is 0 Å². The highest BCUT2D eigenvalue weighted by atomic mass is 32.2. The average molecular weight is 398 g/mol. The third-order valence-corrected chi connectivity index (χ3v) is 5.18. The smallest absolute Gasteiger partial charge is 0.243 e. The van der Waals surface area contributed by atoms with Gasteiger partial charge in [-0.2, -0.15) is 0 Å². The summed E-state index contributed by atoms with van der Waals surface area (Å²) in [6, 6.07) is 7.55. The Kier molecular flexibility index (Phi) is 6.86. The van der Waals surface area contributed by atoms with E-state index in [-0.39, 0.29) is 25.3 Å². The first-order chi connectivity index (χ1) is 12.7. The van der Waals surface area contributed by atoms with Crippen LogP contribution in [-0.4, -0.2) is 28.0 Å².